The molecule has 10 aromatic carbocycles. The fourth-order valence-electron chi connectivity index (χ4n) is 9.44. The first-order valence-electron chi connectivity index (χ1n) is 22.3. The molecule has 4 nitrogen and oxygen atoms in total. The van der Waals surface area contributed by atoms with E-state index in [1.807, 2.05) is 18.2 Å². The first-order valence-corrected chi connectivity index (χ1v) is 22.3. The highest BCUT2D eigenvalue weighted by atomic mass is 15.0. The predicted molar refractivity (Wildman–Crippen MR) is 274 cm³/mol. The largest absolute Gasteiger partial charge is 0.246 e. The van der Waals surface area contributed by atoms with E-state index >= 15 is 0 Å². The van der Waals surface area contributed by atoms with Crippen LogP contribution in [0.3, 0.4) is 0 Å². The second-order valence-electron chi connectivity index (χ2n) is 16.5. The van der Waals surface area contributed by atoms with E-state index in [1.54, 1.807) is 0 Å². The Hall–Kier alpha value is -8.86. The van der Waals surface area contributed by atoms with Crippen molar-refractivity contribution in [1.29, 1.82) is 0 Å². The number of nitrogens with zero attached hydrogens (tertiary/aromatic N) is 4. The van der Waals surface area contributed by atoms with Gasteiger partial charge in [0.05, 0.1) is 11.4 Å². The molecule has 12 rings (SSSR count). The smallest absolute Gasteiger partial charge is 0.164 e. The van der Waals surface area contributed by atoms with Crippen LogP contribution in [0.15, 0.2) is 243 Å². The van der Waals surface area contributed by atoms with Gasteiger partial charge in [0.2, 0.25) is 0 Å². The summed E-state index contributed by atoms with van der Waals surface area (Å²) in [7, 11) is 0. The standard InChI is InChI=1S/C62H40N4/c1-6-20-41(21-7-1)56-55(57(42-22-8-2-9-23-42)59(45-26-12-4-13-27-45)63-58(56)44-24-10-3-11-25-44)43-34-36-47(37-35-43)61-64-60(46-28-14-5-15-29-46)65-62(66-61)48-38-39-53-51-32-17-16-30-49(51)50-31-18-19-33-52(50)54(53)40-48/h1-40H. The second kappa shape index (κ2) is 16.7. The van der Waals surface area contributed by atoms with Crippen molar-refractivity contribution < 1.29 is 0 Å². The summed E-state index contributed by atoms with van der Waals surface area (Å²) in [6, 6.07) is 85.2. The highest BCUT2D eigenvalue weighted by Crippen LogP contribution is 2.49. The lowest BCUT2D eigenvalue weighted by molar-refractivity contribution is 1.07. The summed E-state index contributed by atoms with van der Waals surface area (Å²) in [4.78, 5) is 21.2. The van der Waals surface area contributed by atoms with E-state index < -0.39 is 0 Å². The van der Waals surface area contributed by atoms with E-state index in [-0.39, 0.29) is 0 Å². The molecule has 2 heterocycles. The van der Waals surface area contributed by atoms with Gasteiger partial charge in [0.25, 0.3) is 0 Å². The quantitative estimate of drug-likeness (QED) is 0.143. The summed E-state index contributed by atoms with van der Waals surface area (Å²) in [5.41, 5.74) is 13.2. The summed E-state index contributed by atoms with van der Waals surface area (Å²) in [5, 5.41) is 7.27. The minimum absolute atomic E-state index is 0.602. The lowest BCUT2D eigenvalue weighted by Crippen LogP contribution is -2.02. The molecule has 0 N–H and O–H groups in total. The molecule has 0 aliphatic heterocycles. The molecule has 4 heteroatoms. The van der Waals surface area contributed by atoms with Gasteiger partial charge in [0.1, 0.15) is 0 Å². The monoisotopic (exact) mass is 840 g/mol. The summed E-state index contributed by atoms with van der Waals surface area (Å²) in [6.45, 7) is 0. The third-order valence-corrected chi connectivity index (χ3v) is 12.5. The van der Waals surface area contributed by atoms with Gasteiger partial charge < -0.3 is 0 Å². The zero-order valence-electron chi connectivity index (χ0n) is 35.9. The third kappa shape index (κ3) is 6.98. The van der Waals surface area contributed by atoms with Crippen LogP contribution >= 0.6 is 0 Å². The Morgan fingerprint density at radius 3 is 0.909 bits per heavy atom. The van der Waals surface area contributed by atoms with Gasteiger partial charge in [-0.2, -0.15) is 0 Å². The van der Waals surface area contributed by atoms with E-state index in [2.05, 4.69) is 224 Å². The fourth-order valence-corrected chi connectivity index (χ4v) is 9.44. The molecule has 0 saturated carbocycles. The van der Waals surface area contributed by atoms with Gasteiger partial charge in [-0.3, -0.25) is 0 Å². The number of benzene rings is 10. The van der Waals surface area contributed by atoms with Crippen molar-refractivity contribution in [2.45, 2.75) is 0 Å². The minimum atomic E-state index is 0.602. The molecule has 0 saturated heterocycles. The summed E-state index contributed by atoms with van der Waals surface area (Å²) >= 11 is 0. The Bertz CT molecular complexity index is 3570. The van der Waals surface area contributed by atoms with Crippen LogP contribution in [0.1, 0.15) is 0 Å². The Balaban J connectivity index is 1.08. The van der Waals surface area contributed by atoms with Crippen LogP contribution in [0.5, 0.6) is 0 Å². The first kappa shape index (κ1) is 38.8. The second-order valence-corrected chi connectivity index (χ2v) is 16.5. The average Bonchev–Trinajstić information content (AvgIpc) is 3.41. The molecular formula is C62H40N4. The molecule has 308 valence electrons. The molecule has 12 aromatic rings. The Morgan fingerprint density at radius 1 is 0.182 bits per heavy atom. The predicted octanol–water partition coefficient (Wildman–Crippen LogP) is 16.1. The average molecular weight is 841 g/mol. The molecule has 0 fully saturated rings. The molecule has 2 aromatic heterocycles. The highest BCUT2D eigenvalue weighted by Gasteiger charge is 2.25. The molecule has 0 atom stereocenters. The number of hydrogen-bond acceptors (Lipinski definition) is 4. The van der Waals surface area contributed by atoms with Gasteiger partial charge >= 0.3 is 0 Å². The van der Waals surface area contributed by atoms with Crippen molar-refractivity contribution in [3.63, 3.8) is 0 Å². The van der Waals surface area contributed by atoms with Crippen molar-refractivity contribution in [1.82, 2.24) is 19.9 Å². The van der Waals surface area contributed by atoms with Crippen molar-refractivity contribution >= 4 is 32.3 Å². The SMILES string of the molecule is c1ccc(-c2nc(-c3ccc(-c4c(-c5ccccc5)c(-c5ccccc5)nc(-c5ccccc5)c4-c4ccccc4)cc3)nc(-c3ccc4c5ccccc5c5ccccc5c4c3)n2)cc1. The molecule has 0 amide bonds. The lowest BCUT2D eigenvalue weighted by atomic mass is 9.83. The van der Waals surface area contributed by atoms with Crippen LogP contribution in [0.25, 0.3) is 122 Å². The molecular weight excluding hydrogens is 801 g/mol. The van der Waals surface area contributed by atoms with Gasteiger partial charge in [0.15, 0.2) is 17.5 Å². The van der Waals surface area contributed by atoms with E-state index in [4.69, 9.17) is 19.9 Å². The molecule has 0 spiro atoms. The van der Waals surface area contributed by atoms with Crippen molar-refractivity contribution in [3.05, 3.63) is 243 Å². The van der Waals surface area contributed by atoms with E-state index in [1.165, 1.54) is 32.3 Å². The number of rotatable bonds is 8. The summed E-state index contributed by atoms with van der Waals surface area (Å²) < 4.78 is 0. The van der Waals surface area contributed by atoms with Crippen molar-refractivity contribution in [3.8, 4) is 90.1 Å². The van der Waals surface area contributed by atoms with Gasteiger partial charge in [0, 0.05) is 44.5 Å². The highest BCUT2D eigenvalue weighted by molar-refractivity contribution is 6.25. The number of pyridine rings is 1. The van der Waals surface area contributed by atoms with Crippen molar-refractivity contribution in [2.24, 2.45) is 0 Å². The van der Waals surface area contributed by atoms with Gasteiger partial charge in [-0.1, -0.05) is 237 Å². The minimum Gasteiger partial charge on any atom is -0.246 e. The van der Waals surface area contributed by atoms with E-state index in [9.17, 15) is 0 Å². The fraction of sp³-hybridized carbons (Fsp3) is 0. The van der Waals surface area contributed by atoms with Gasteiger partial charge in [-0.15, -0.1) is 0 Å². The number of hydrogen-bond donors (Lipinski definition) is 0. The van der Waals surface area contributed by atoms with Gasteiger partial charge in [-0.05, 0) is 55.1 Å². The van der Waals surface area contributed by atoms with Crippen LogP contribution in [-0.4, -0.2) is 19.9 Å². The maximum atomic E-state index is 5.62. The van der Waals surface area contributed by atoms with Gasteiger partial charge in [-0.25, -0.2) is 19.9 Å². The van der Waals surface area contributed by atoms with Crippen LogP contribution in [0.2, 0.25) is 0 Å². The first-order chi connectivity index (χ1) is 32.7. The molecule has 0 radical (unpaired) electrons. The zero-order valence-corrected chi connectivity index (χ0v) is 35.9. The Labute approximate surface area is 383 Å². The third-order valence-electron chi connectivity index (χ3n) is 12.5. The van der Waals surface area contributed by atoms with Crippen LogP contribution in [0, 0.1) is 0 Å². The van der Waals surface area contributed by atoms with Crippen LogP contribution in [0.4, 0.5) is 0 Å². The van der Waals surface area contributed by atoms with E-state index in [0.29, 0.717) is 17.5 Å². The molecule has 0 aliphatic carbocycles. The molecule has 0 aliphatic rings. The maximum absolute atomic E-state index is 5.62. The molecule has 0 unspecified atom stereocenters. The zero-order chi connectivity index (χ0) is 43.8. The number of fused-ring (bicyclic) bond motifs is 6. The molecule has 0 bridgehead atoms. The van der Waals surface area contributed by atoms with Crippen LogP contribution in [-0.2, 0) is 0 Å². The lowest BCUT2D eigenvalue weighted by Gasteiger charge is -2.23. The number of aromatic nitrogens is 4. The van der Waals surface area contributed by atoms with Crippen molar-refractivity contribution in [2.75, 3.05) is 0 Å². The maximum Gasteiger partial charge on any atom is 0.164 e. The van der Waals surface area contributed by atoms with Crippen LogP contribution < -0.4 is 0 Å². The Kier molecular flexibility index (Phi) is 9.81. The Morgan fingerprint density at radius 2 is 0.470 bits per heavy atom. The topological polar surface area (TPSA) is 51.6 Å². The van der Waals surface area contributed by atoms with E-state index in [0.717, 1.165) is 72.6 Å². The summed E-state index contributed by atoms with van der Waals surface area (Å²) in [6.07, 6.45) is 0. The summed E-state index contributed by atoms with van der Waals surface area (Å²) in [5.74, 6) is 1.84. The normalized spacial score (nSPS) is 11.3. The molecule has 66 heavy (non-hydrogen) atoms.